The molecule has 1 heterocycles. The van der Waals surface area contributed by atoms with E-state index in [0.29, 0.717) is 5.13 Å². The summed E-state index contributed by atoms with van der Waals surface area (Å²) in [6.45, 7) is 2.09. The average Bonchev–Trinajstić information content (AvgIpc) is 3.28. The molecule has 168 valence electrons. The van der Waals surface area contributed by atoms with Crippen LogP contribution in [0.1, 0.15) is 22.8 Å². The van der Waals surface area contributed by atoms with E-state index in [1.165, 1.54) is 29.0 Å². The summed E-state index contributed by atoms with van der Waals surface area (Å²) in [6.07, 6.45) is 0.947. The number of para-hydroxylation sites is 1. The number of sulfonamides is 1. The summed E-state index contributed by atoms with van der Waals surface area (Å²) in [5.74, 6) is -1.05. The molecule has 6 nitrogen and oxygen atoms in total. The fourth-order valence-electron chi connectivity index (χ4n) is 3.13. The van der Waals surface area contributed by atoms with Crippen LogP contribution >= 0.6 is 11.3 Å². The van der Waals surface area contributed by atoms with Gasteiger partial charge in [0.05, 0.1) is 21.8 Å². The van der Waals surface area contributed by atoms with Crippen molar-refractivity contribution in [2.45, 2.75) is 18.2 Å². The van der Waals surface area contributed by atoms with E-state index in [2.05, 4.69) is 21.9 Å². The summed E-state index contributed by atoms with van der Waals surface area (Å²) in [4.78, 5) is 17.3. The zero-order valence-electron chi connectivity index (χ0n) is 17.6. The predicted molar refractivity (Wildman–Crippen MR) is 129 cm³/mol. The quantitative estimate of drug-likeness (QED) is 0.361. The van der Waals surface area contributed by atoms with Gasteiger partial charge in [-0.15, -0.1) is 11.3 Å². The van der Waals surface area contributed by atoms with Crippen LogP contribution in [0.3, 0.4) is 0 Å². The van der Waals surface area contributed by atoms with E-state index in [4.69, 9.17) is 0 Å². The zero-order chi connectivity index (χ0) is 23.4. The molecule has 0 atom stereocenters. The van der Waals surface area contributed by atoms with Crippen molar-refractivity contribution < 1.29 is 17.6 Å². The Balaban J connectivity index is 1.53. The van der Waals surface area contributed by atoms with Crippen LogP contribution in [0, 0.1) is 5.82 Å². The summed E-state index contributed by atoms with van der Waals surface area (Å²) in [6, 6.07) is 18.7. The fourth-order valence-corrected chi connectivity index (χ4v) is 4.92. The molecule has 0 aliphatic rings. The first kappa shape index (κ1) is 22.6. The third kappa shape index (κ3) is 5.27. The lowest BCUT2D eigenvalue weighted by Crippen LogP contribution is -2.18. The van der Waals surface area contributed by atoms with Crippen LogP contribution in [0.4, 0.5) is 15.2 Å². The number of rotatable bonds is 7. The van der Waals surface area contributed by atoms with Gasteiger partial charge < -0.3 is 0 Å². The Bertz CT molecular complexity index is 1380. The van der Waals surface area contributed by atoms with Crippen molar-refractivity contribution >= 4 is 38.1 Å². The Morgan fingerprint density at radius 2 is 1.70 bits per heavy atom. The SMILES string of the molecule is CCc1ccc(-c2csc(NC(=O)c3ccccc3NS(=O)(=O)c3ccc(F)cc3)n2)cc1. The van der Waals surface area contributed by atoms with Gasteiger partial charge in [0.2, 0.25) is 0 Å². The highest BCUT2D eigenvalue weighted by atomic mass is 32.2. The van der Waals surface area contributed by atoms with Crippen molar-refractivity contribution in [3.63, 3.8) is 0 Å². The highest BCUT2D eigenvalue weighted by Gasteiger charge is 2.19. The fraction of sp³-hybridized carbons (Fsp3) is 0.0833. The van der Waals surface area contributed by atoms with Gasteiger partial charge in [0.15, 0.2) is 5.13 Å². The van der Waals surface area contributed by atoms with Crippen LogP contribution in [0.2, 0.25) is 0 Å². The van der Waals surface area contributed by atoms with E-state index in [9.17, 15) is 17.6 Å². The topological polar surface area (TPSA) is 88.2 Å². The molecule has 4 rings (SSSR count). The molecule has 0 fully saturated rings. The molecule has 0 spiro atoms. The summed E-state index contributed by atoms with van der Waals surface area (Å²) >= 11 is 1.28. The Hall–Kier alpha value is -3.56. The van der Waals surface area contributed by atoms with E-state index in [1.54, 1.807) is 12.1 Å². The lowest BCUT2D eigenvalue weighted by atomic mass is 10.1. The normalized spacial score (nSPS) is 11.2. The summed E-state index contributed by atoms with van der Waals surface area (Å²) < 4.78 is 40.9. The Morgan fingerprint density at radius 3 is 2.39 bits per heavy atom. The molecule has 0 unspecified atom stereocenters. The van der Waals surface area contributed by atoms with E-state index in [1.807, 2.05) is 29.6 Å². The molecular formula is C24H20FN3O3S2. The number of thiazole rings is 1. The second kappa shape index (κ2) is 9.51. The minimum atomic E-state index is -4.01. The van der Waals surface area contributed by atoms with Crippen LogP contribution in [-0.2, 0) is 16.4 Å². The average molecular weight is 482 g/mol. The van der Waals surface area contributed by atoms with Gasteiger partial charge in [-0.1, -0.05) is 43.3 Å². The van der Waals surface area contributed by atoms with Crippen molar-refractivity contribution in [2.75, 3.05) is 10.0 Å². The molecular weight excluding hydrogens is 461 g/mol. The Kier molecular flexibility index (Phi) is 6.52. The first-order valence-electron chi connectivity index (χ1n) is 10.1. The molecule has 9 heteroatoms. The highest BCUT2D eigenvalue weighted by Crippen LogP contribution is 2.27. The maximum atomic E-state index is 13.1. The number of carbonyl (C=O) groups is 1. The molecule has 1 amide bonds. The van der Waals surface area contributed by atoms with Crippen LogP contribution < -0.4 is 10.0 Å². The lowest BCUT2D eigenvalue weighted by Gasteiger charge is -2.12. The Labute approximate surface area is 195 Å². The number of nitrogens with one attached hydrogen (secondary N) is 2. The number of halogens is 1. The monoisotopic (exact) mass is 481 g/mol. The maximum Gasteiger partial charge on any atom is 0.261 e. The molecule has 0 saturated carbocycles. The van der Waals surface area contributed by atoms with Gasteiger partial charge in [-0.05, 0) is 48.4 Å². The van der Waals surface area contributed by atoms with Gasteiger partial charge in [0, 0.05) is 10.9 Å². The molecule has 0 saturated heterocycles. The molecule has 33 heavy (non-hydrogen) atoms. The molecule has 2 N–H and O–H groups in total. The molecule has 0 bridgehead atoms. The summed E-state index contributed by atoms with van der Waals surface area (Å²) in [5.41, 5.74) is 3.14. The second-order valence-corrected chi connectivity index (χ2v) is 9.69. The highest BCUT2D eigenvalue weighted by molar-refractivity contribution is 7.92. The smallest absolute Gasteiger partial charge is 0.261 e. The molecule has 0 aliphatic heterocycles. The summed E-state index contributed by atoms with van der Waals surface area (Å²) in [7, 11) is -4.01. The lowest BCUT2D eigenvalue weighted by molar-refractivity contribution is 0.102. The molecule has 0 radical (unpaired) electrons. The molecule has 4 aromatic rings. The number of aromatic nitrogens is 1. The van der Waals surface area contributed by atoms with Gasteiger partial charge in [0.25, 0.3) is 15.9 Å². The number of benzene rings is 3. The van der Waals surface area contributed by atoms with Crippen molar-refractivity contribution in [3.05, 3.63) is 95.1 Å². The first-order valence-corrected chi connectivity index (χ1v) is 12.5. The van der Waals surface area contributed by atoms with Crippen LogP contribution in [0.25, 0.3) is 11.3 Å². The van der Waals surface area contributed by atoms with Crippen LogP contribution in [0.15, 0.2) is 83.1 Å². The predicted octanol–water partition coefficient (Wildman–Crippen LogP) is 5.56. The number of amides is 1. The number of anilines is 2. The second-order valence-electron chi connectivity index (χ2n) is 7.15. The number of nitrogens with zero attached hydrogens (tertiary/aromatic N) is 1. The Morgan fingerprint density at radius 1 is 1.00 bits per heavy atom. The maximum absolute atomic E-state index is 13.1. The minimum Gasteiger partial charge on any atom is -0.298 e. The van der Waals surface area contributed by atoms with Gasteiger partial charge in [0.1, 0.15) is 5.82 Å². The third-order valence-electron chi connectivity index (χ3n) is 4.92. The van der Waals surface area contributed by atoms with Gasteiger partial charge >= 0.3 is 0 Å². The largest absolute Gasteiger partial charge is 0.298 e. The van der Waals surface area contributed by atoms with Gasteiger partial charge in [-0.25, -0.2) is 17.8 Å². The van der Waals surface area contributed by atoms with Crippen molar-refractivity contribution in [2.24, 2.45) is 0 Å². The van der Waals surface area contributed by atoms with Crippen molar-refractivity contribution in [3.8, 4) is 11.3 Å². The van der Waals surface area contributed by atoms with Crippen LogP contribution in [-0.4, -0.2) is 19.3 Å². The van der Waals surface area contributed by atoms with Gasteiger partial charge in [-0.3, -0.25) is 14.8 Å². The number of carbonyl (C=O) groups excluding carboxylic acids is 1. The third-order valence-corrected chi connectivity index (χ3v) is 7.06. The van der Waals surface area contributed by atoms with E-state index in [-0.39, 0.29) is 16.1 Å². The van der Waals surface area contributed by atoms with Crippen molar-refractivity contribution in [1.29, 1.82) is 0 Å². The number of hydrogen-bond acceptors (Lipinski definition) is 5. The number of hydrogen-bond donors (Lipinski definition) is 2. The standard InChI is InChI=1S/C24H20FN3O3S2/c1-2-16-7-9-17(10-8-16)22-15-32-24(26-22)27-23(29)20-5-3-4-6-21(20)28-33(30,31)19-13-11-18(25)12-14-19/h3-15,28H,2H2,1H3,(H,26,27,29). The minimum absolute atomic E-state index is 0.103. The molecule has 1 aromatic heterocycles. The molecule has 0 aliphatic carbocycles. The van der Waals surface area contributed by atoms with Crippen molar-refractivity contribution in [1.82, 2.24) is 4.98 Å². The molecule has 3 aromatic carbocycles. The summed E-state index contributed by atoms with van der Waals surface area (Å²) in [5, 5.41) is 4.97. The van der Waals surface area contributed by atoms with E-state index in [0.717, 1.165) is 41.9 Å². The zero-order valence-corrected chi connectivity index (χ0v) is 19.2. The first-order chi connectivity index (χ1) is 15.9. The van der Waals surface area contributed by atoms with Gasteiger partial charge in [-0.2, -0.15) is 0 Å². The number of aryl methyl sites for hydroxylation is 1. The van der Waals surface area contributed by atoms with Crippen LogP contribution in [0.5, 0.6) is 0 Å². The van der Waals surface area contributed by atoms with E-state index < -0.39 is 21.7 Å². The van der Waals surface area contributed by atoms with E-state index >= 15 is 0 Å².